The van der Waals surface area contributed by atoms with Gasteiger partial charge >= 0.3 is 5.97 Å². The van der Waals surface area contributed by atoms with Crippen LogP contribution in [0.3, 0.4) is 0 Å². The molecule has 0 spiro atoms. The molecule has 1 fully saturated rings. The number of nitrogens with zero attached hydrogens (tertiary/aromatic N) is 1. The van der Waals surface area contributed by atoms with Crippen LogP contribution in [0, 0.1) is 0 Å². The van der Waals surface area contributed by atoms with Crippen molar-refractivity contribution in [2.75, 3.05) is 11.6 Å². The zero-order valence-electron chi connectivity index (χ0n) is 12.0. The number of hydrogen-bond donors (Lipinski definition) is 1. The van der Waals surface area contributed by atoms with Gasteiger partial charge in [0.1, 0.15) is 5.75 Å². The number of carbonyl (C=O) groups excluding carboxylic acids is 1. The maximum absolute atomic E-state index is 12.3. The summed E-state index contributed by atoms with van der Waals surface area (Å²) in [6, 6.07) is 15.6. The van der Waals surface area contributed by atoms with E-state index in [9.17, 15) is 4.79 Å². The summed E-state index contributed by atoms with van der Waals surface area (Å²) in [6.45, 7) is 0.857. The topological polar surface area (TPSA) is 41.6 Å². The van der Waals surface area contributed by atoms with E-state index in [0.29, 0.717) is 17.4 Å². The van der Waals surface area contributed by atoms with Crippen molar-refractivity contribution in [1.29, 1.82) is 0 Å². The van der Waals surface area contributed by atoms with Crippen molar-refractivity contribution in [3.8, 4) is 5.75 Å². The quantitative estimate of drug-likeness (QED) is 0.534. The number of anilines is 1. The van der Waals surface area contributed by atoms with E-state index in [1.54, 1.807) is 24.1 Å². The Balaban J connectivity index is 1.57. The minimum atomic E-state index is -0.321. The molecule has 1 aliphatic carbocycles. The summed E-state index contributed by atoms with van der Waals surface area (Å²) in [4.78, 5) is 15.7. The summed E-state index contributed by atoms with van der Waals surface area (Å²) >= 11 is 1.58. The largest absolute Gasteiger partial charge is 0.423 e. The molecule has 1 heterocycles. The monoisotopic (exact) mass is 312 g/mol. The summed E-state index contributed by atoms with van der Waals surface area (Å²) < 4.78 is 8.71. The highest BCUT2D eigenvalue weighted by Crippen LogP contribution is 2.39. The lowest BCUT2D eigenvalue weighted by Gasteiger charge is -2.31. The van der Waals surface area contributed by atoms with E-state index in [-0.39, 0.29) is 5.97 Å². The van der Waals surface area contributed by atoms with E-state index in [2.05, 4.69) is 9.62 Å². The Morgan fingerprint density at radius 1 is 1.18 bits per heavy atom. The molecule has 2 aromatic rings. The van der Waals surface area contributed by atoms with Crippen molar-refractivity contribution in [2.45, 2.75) is 23.8 Å². The molecule has 0 unspecified atom stereocenters. The zero-order chi connectivity index (χ0) is 14.9. The molecule has 4 rings (SSSR count). The Morgan fingerprint density at radius 3 is 2.77 bits per heavy atom. The van der Waals surface area contributed by atoms with Crippen molar-refractivity contribution in [1.82, 2.24) is 4.72 Å². The second-order valence-electron chi connectivity index (χ2n) is 5.49. The number of hydrogen-bond acceptors (Lipinski definition) is 5. The number of benzene rings is 2. The van der Waals surface area contributed by atoms with Gasteiger partial charge in [0.15, 0.2) is 0 Å². The molecule has 0 aromatic heterocycles. The van der Waals surface area contributed by atoms with Crippen LogP contribution in [0.15, 0.2) is 53.4 Å². The van der Waals surface area contributed by atoms with Crippen LogP contribution in [0.5, 0.6) is 5.75 Å². The van der Waals surface area contributed by atoms with Gasteiger partial charge in [-0.1, -0.05) is 18.2 Å². The van der Waals surface area contributed by atoms with Crippen LogP contribution in [0.2, 0.25) is 0 Å². The number of esters is 1. The predicted octanol–water partition coefficient (Wildman–Crippen LogP) is 3.44. The van der Waals surface area contributed by atoms with Gasteiger partial charge in [0.05, 0.1) is 17.9 Å². The lowest BCUT2D eigenvalue weighted by molar-refractivity contribution is 0.0734. The van der Waals surface area contributed by atoms with Crippen LogP contribution in [0.1, 0.15) is 23.2 Å². The van der Waals surface area contributed by atoms with Crippen LogP contribution in [0.4, 0.5) is 5.69 Å². The summed E-state index contributed by atoms with van der Waals surface area (Å²) in [5, 5.41) is 0. The lowest BCUT2D eigenvalue weighted by Crippen LogP contribution is -2.36. The Bertz CT molecular complexity index is 701. The van der Waals surface area contributed by atoms with Gasteiger partial charge in [0.2, 0.25) is 0 Å². The van der Waals surface area contributed by atoms with Gasteiger partial charge in [-0.3, -0.25) is 0 Å². The molecule has 1 saturated carbocycles. The van der Waals surface area contributed by atoms with Crippen molar-refractivity contribution in [3.05, 3.63) is 54.1 Å². The summed E-state index contributed by atoms with van der Waals surface area (Å²) in [5.41, 5.74) is 1.79. The summed E-state index contributed by atoms with van der Waals surface area (Å²) in [7, 11) is 0. The molecule has 2 aromatic carbocycles. The third-order valence-corrected chi connectivity index (χ3v) is 4.68. The first-order valence-corrected chi connectivity index (χ1v) is 8.20. The maximum Gasteiger partial charge on any atom is 0.343 e. The summed E-state index contributed by atoms with van der Waals surface area (Å²) in [5.74, 6) is 0.244. The molecule has 1 aliphatic heterocycles. The van der Waals surface area contributed by atoms with Crippen LogP contribution in [0.25, 0.3) is 0 Å². The molecule has 0 saturated heterocycles. The van der Waals surface area contributed by atoms with E-state index in [1.807, 2.05) is 36.4 Å². The minimum absolute atomic E-state index is 0.321. The number of rotatable bonds is 3. The molecule has 2 aliphatic rings. The molecule has 0 atom stereocenters. The van der Waals surface area contributed by atoms with E-state index in [4.69, 9.17) is 4.74 Å². The highest BCUT2D eigenvalue weighted by atomic mass is 32.2. The Labute approximate surface area is 133 Å². The highest BCUT2D eigenvalue weighted by Gasteiger charge is 2.32. The van der Waals surface area contributed by atoms with Crippen LogP contribution >= 0.6 is 11.9 Å². The SMILES string of the molecule is O=C(Oc1ccccc1)c1ccc2c(c1)SNCN2C1CC1. The van der Waals surface area contributed by atoms with Gasteiger partial charge in [-0.2, -0.15) is 0 Å². The second kappa shape index (κ2) is 5.66. The minimum Gasteiger partial charge on any atom is -0.423 e. The van der Waals surface area contributed by atoms with Gasteiger partial charge in [-0.15, -0.1) is 0 Å². The van der Waals surface area contributed by atoms with E-state index >= 15 is 0 Å². The number of para-hydroxylation sites is 1. The van der Waals surface area contributed by atoms with Crippen molar-refractivity contribution in [3.63, 3.8) is 0 Å². The molecule has 112 valence electrons. The zero-order valence-corrected chi connectivity index (χ0v) is 12.8. The number of nitrogens with one attached hydrogen (secondary N) is 1. The van der Waals surface area contributed by atoms with E-state index in [0.717, 1.165) is 11.6 Å². The molecule has 1 N–H and O–H groups in total. The number of carbonyl (C=O) groups is 1. The lowest BCUT2D eigenvalue weighted by atomic mass is 10.2. The maximum atomic E-state index is 12.3. The van der Waals surface area contributed by atoms with Gasteiger partial charge in [0, 0.05) is 10.9 Å². The van der Waals surface area contributed by atoms with Crippen molar-refractivity contribution >= 4 is 23.6 Å². The van der Waals surface area contributed by atoms with E-state index < -0.39 is 0 Å². The van der Waals surface area contributed by atoms with Crippen molar-refractivity contribution in [2.24, 2.45) is 0 Å². The Morgan fingerprint density at radius 2 is 2.00 bits per heavy atom. The molecule has 5 heteroatoms. The predicted molar refractivity (Wildman–Crippen MR) is 87.2 cm³/mol. The van der Waals surface area contributed by atoms with Crippen LogP contribution in [-0.4, -0.2) is 18.7 Å². The normalized spacial score (nSPS) is 17.0. The molecular weight excluding hydrogens is 296 g/mol. The van der Waals surface area contributed by atoms with Gasteiger partial charge in [-0.25, -0.2) is 9.52 Å². The fourth-order valence-corrected chi connectivity index (χ4v) is 3.43. The second-order valence-corrected chi connectivity index (χ2v) is 6.42. The molecule has 4 nitrogen and oxygen atoms in total. The molecule has 0 radical (unpaired) electrons. The third kappa shape index (κ3) is 2.69. The first-order chi connectivity index (χ1) is 10.8. The van der Waals surface area contributed by atoms with Crippen LogP contribution < -0.4 is 14.4 Å². The standard InChI is InChI=1S/C17H16N2O2S/c20-17(21-14-4-2-1-3-5-14)12-6-9-15-16(10-12)22-18-11-19(15)13-7-8-13/h1-6,9-10,13,18H,7-8,11H2. The Hall–Kier alpha value is -1.98. The molecule has 22 heavy (non-hydrogen) atoms. The fraction of sp³-hybridized carbons (Fsp3) is 0.235. The number of ether oxygens (including phenoxy) is 1. The van der Waals surface area contributed by atoms with Crippen LogP contribution in [-0.2, 0) is 0 Å². The molecule has 0 bridgehead atoms. The van der Waals surface area contributed by atoms with Gasteiger partial charge < -0.3 is 9.64 Å². The summed E-state index contributed by atoms with van der Waals surface area (Å²) in [6.07, 6.45) is 2.51. The molecule has 0 amide bonds. The Kier molecular flexibility index (Phi) is 3.52. The van der Waals surface area contributed by atoms with Gasteiger partial charge in [0.25, 0.3) is 0 Å². The fourth-order valence-electron chi connectivity index (χ4n) is 2.59. The smallest absolute Gasteiger partial charge is 0.343 e. The van der Waals surface area contributed by atoms with Crippen molar-refractivity contribution < 1.29 is 9.53 Å². The number of fused-ring (bicyclic) bond motifs is 1. The molecular formula is C17H16N2O2S. The average Bonchev–Trinajstić information content (AvgIpc) is 3.39. The third-order valence-electron chi connectivity index (χ3n) is 3.86. The van der Waals surface area contributed by atoms with E-state index in [1.165, 1.54) is 18.5 Å². The highest BCUT2D eigenvalue weighted by molar-refractivity contribution is 7.97. The first-order valence-electron chi connectivity index (χ1n) is 7.39. The van der Waals surface area contributed by atoms with Gasteiger partial charge in [-0.05, 0) is 55.1 Å². The average molecular weight is 312 g/mol. The first kappa shape index (κ1) is 13.7.